The summed E-state index contributed by atoms with van der Waals surface area (Å²) < 4.78 is 0. The molecule has 6 atom stereocenters. The Morgan fingerprint density at radius 1 is 0.219 bits per heavy atom. The summed E-state index contributed by atoms with van der Waals surface area (Å²) in [4.78, 5) is 26.1. The van der Waals surface area contributed by atoms with E-state index in [0.717, 1.165) is 132 Å². The van der Waals surface area contributed by atoms with E-state index >= 15 is 0 Å². The van der Waals surface area contributed by atoms with Crippen molar-refractivity contribution in [2.75, 3.05) is 39.6 Å². The molecule has 0 spiro atoms. The van der Waals surface area contributed by atoms with Gasteiger partial charge in [0.1, 0.15) is 34.5 Å². The Hall–Kier alpha value is -12.0. The van der Waals surface area contributed by atoms with Crippen molar-refractivity contribution in [3.8, 4) is 101 Å². The first-order chi connectivity index (χ1) is 54.7. The number of phenols is 6. The molecule has 18 heteroatoms. The number of hydrogen-bond donors (Lipinski definition) is 12. The molecule has 12 aromatic carbocycles. The third-order valence-corrected chi connectivity index (χ3v) is 20.1. The fraction of sp³-hybridized carbons (Fsp3) is 0.250. The van der Waals surface area contributed by atoms with Crippen molar-refractivity contribution in [3.05, 3.63) is 249 Å². The van der Waals surface area contributed by atoms with Gasteiger partial charge in [0.05, 0.1) is 75.9 Å². The minimum absolute atomic E-state index is 0.0692. The average molecular weight is 1530 g/mol. The number of nitrogens with zero attached hydrogens (tertiary/aromatic N) is 6. The third-order valence-electron chi connectivity index (χ3n) is 20.1. The van der Waals surface area contributed by atoms with Crippen molar-refractivity contribution in [2.45, 2.75) is 119 Å². The molecule has 0 amide bonds. The van der Waals surface area contributed by atoms with Crippen LogP contribution in [-0.4, -0.2) is 174 Å². The molecular formula is C96H102N6O12. The standard InChI is InChI=1S/3C32H34N2O4/c3*1-19-11-30(37)24(15-33-21(3)17-35)13-28(19)26-9-5-7-23-8-6-10-27(32(23)26)29-14-25(16-34-22(4)18-36)31(38)12-20(29)2/h3*5-16,21-22,35-38H,17-18H2,1-4H3/t2*21-,22?;21-,22-/m000/s1. The van der Waals surface area contributed by atoms with Crippen LogP contribution in [0.2, 0.25) is 0 Å². The van der Waals surface area contributed by atoms with E-state index in [9.17, 15) is 61.3 Å². The maximum Gasteiger partial charge on any atom is 0.124 e. The largest absolute Gasteiger partial charge is 0.507 e. The number of fused-ring (bicyclic) bond motifs is 3. The molecule has 0 radical (unpaired) electrons. The fourth-order valence-electron chi connectivity index (χ4n) is 13.5. The van der Waals surface area contributed by atoms with E-state index in [-0.39, 0.29) is 110 Å². The number of hydrogen-bond acceptors (Lipinski definition) is 18. The maximum atomic E-state index is 10.6. The lowest BCUT2D eigenvalue weighted by atomic mass is 9.87. The van der Waals surface area contributed by atoms with Crippen molar-refractivity contribution in [3.63, 3.8) is 0 Å². The molecule has 588 valence electrons. The lowest BCUT2D eigenvalue weighted by Gasteiger charge is -2.17. The second-order valence-corrected chi connectivity index (χ2v) is 29.3. The van der Waals surface area contributed by atoms with Crippen LogP contribution in [0.4, 0.5) is 0 Å². The van der Waals surface area contributed by atoms with Crippen LogP contribution < -0.4 is 0 Å². The zero-order valence-electron chi connectivity index (χ0n) is 66.5. The third kappa shape index (κ3) is 19.9. The van der Waals surface area contributed by atoms with Gasteiger partial charge >= 0.3 is 0 Å². The van der Waals surface area contributed by atoms with Gasteiger partial charge in [-0.05, 0) is 288 Å². The zero-order chi connectivity index (χ0) is 82.2. The summed E-state index contributed by atoms with van der Waals surface area (Å²) >= 11 is 0. The number of aliphatic imine (C=N–C) groups is 6. The summed E-state index contributed by atoms with van der Waals surface area (Å²) in [5.74, 6) is 0.811. The number of aliphatic hydroxyl groups is 6. The molecule has 12 N–H and O–H groups in total. The predicted molar refractivity (Wildman–Crippen MR) is 468 cm³/mol. The molecule has 0 aliphatic carbocycles. The van der Waals surface area contributed by atoms with Gasteiger partial charge in [-0.2, -0.15) is 0 Å². The van der Waals surface area contributed by atoms with E-state index < -0.39 is 0 Å². The van der Waals surface area contributed by atoms with Gasteiger partial charge in [-0.25, -0.2) is 0 Å². The molecule has 0 heterocycles. The SMILES string of the molecule is Cc1cc(O)c(C=NC(C)CO)cc1-c1cccc2cccc(-c3cc(C=N[C@@H](C)CO)c(O)cc3C)c12.Cc1cc(O)c(C=NC(C)CO)cc1-c1cccc2cccc(-c3cc(C=N[C@@H](C)CO)c(O)cc3C)c12.Cc1cc(O)c(C=N[C@@H](C)CO)cc1-c1cccc2cccc(-c3cc(C=N[C@@H](C)CO)c(O)cc3C)c12. The Kier molecular flexibility index (Phi) is 28.5. The number of benzene rings is 12. The second-order valence-electron chi connectivity index (χ2n) is 29.3. The van der Waals surface area contributed by atoms with Crippen LogP contribution in [0.1, 0.15) is 108 Å². The van der Waals surface area contributed by atoms with Crippen LogP contribution in [-0.2, 0) is 0 Å². The highest BCUT2D eigenvalue weighted by Crippen LogP contribution is 2.45. The summed E-state index contributed by atoms with van der Waals surface area (Å²) in [5, 5.41) is 126. The van der Waals surface area contributed by atoms with E-state index in [1.54, 1.807) is 73.7 Å². The minimum Gasteiger partial charge on any atom is -0.507 e. The first-order valence-electron chi connectivity index (χ1n) is 38.1. The molecule has 0 aliphatic rings. The predicted octanol–water partition coefficient (Wildman–Crippen LogP) is 17.4. The molecule has 12 aromatic rings. The Balaban J connectivity index is 0.000000181. The molecule has 2 unspecified atom stereocenters. The summed E-state index contributed by atoms with van der Waals surface area (Å²) in [5.41, 5.74) is 20.9. The van der Waals surface area contributed by atoms with Crippen molar-refractivity contribution < 1.29 is 61.3 Å². The summed E-state index contributed by atoms with van der Waals surface area (Å²) in [6.45, 7) is 22.2. The number of phenolic OH excluding ortho intramolecular Hbond substituents is 6. The van der Waals surface area contributed by atoms with Gasteiger partial charge in [-0.1, -0.05) is 109 Å². The first kappa shape index (κ1) is 84.4. The molecular weight excluding hydrogens is 1430 g/mol. The van der Waals surface area contributed by atoms with Crippen LogP contribution in [0.3, 0.4) is 0 Å². The van der Waals surface area contributed by atoms with Crippen molar-refractivity contribution in [1.82, 2.24) is 0 Å². The number of aliphatic hydroxyl groups excluding tert-OH is 6. The molecule has 0 bridgehead atoms. The highest BCUT2D eigenvalue weighted by molar-refractivity contribution is 6.11. The Morgan fingerprint density at radius 2 is 0.360 bits per heavy atom. The zero-order valence-corrected chi connectivity index (χ0v) is 66.5. The Morgan fingerprint density at radius 3 is 0.491 bits per heavy atom. The number of aryl methyl sites for hydroxylation is 6. The first-order valence-corrected chi connectivity index (χ1v) is 38.1. The Labute approximate surface area is 666 Å². The molecule has 114 heavy (non-hydrogen) atoms. The van der Waals surface area contributed by atoms with Crippen molar-refractivity contribution in [1.29, 1.82) is 0 Å². The van der Waals surface area contributed by atoms with Crippen molar-refractivity contribution in [2.24, 2.45) is 30.0 Å². The second kappa shape index (κ2) is 38.5. The van der Waals surface area contributed by atoms with Crippen LogP contribution in [0, 0.1) is 41.5 Å². The maximum absolute atomic E-state index is 10.6. The fourth-order valence-corrected chi connectivity index (χ4v) is 13.5. The van der Waals surface area contributed by atoms with Gasteiger partial charge in [0.2, 0.25) is 0 Å². The van der Waals surface area contributed by atoms with Gasteiger partial charge in [0, 0.05) is 70.7 Å². The van der Waals surface area contributed by atoms with Gasteiger partial charge in [0.15, 0.2) is 0 Å². The highest BCUT2D eigenvalue weighted by Gasteiger charge is 2.22. The normalized spacial score (nSPS) is 13.5. The molecule has 0 aromatic heterocycles. The molecule has 0 saturated heterocycles. The van der Waals surface area contributed by atoms with Crippen LogP contribution in [0.15, 0.2) is 212 Å². The summed E-state index contributed by atoms with van der Waals surface area (Å²) in [6, 6.07) is 57.5. The quantitative estimate of drug-likeness (QED) is 0.0251. The lowest BCUT2D eigenvalue weighted by molar-refractivity contribution is 0.274. The average Bonchev–Trinajstić information content (AvgIpc) is 0.767. The van der Waals surface area contributed by atoms with E-state index in [2.05, 4.69) is 103 Å². The highest BCUT2D eigenvalue weighted by atomic mass is 16.3. The lowest BCUT2D eigenvalue weighted by Crippen LogP contribution is -2.04. The monoisotopic (exact) mass is 1530 g/mol. The van der Waals surface area contributed by atoms with E-state index in [1.807, 2.05) is 156 Å². The topological polar surface area (TPSA) is 317 Å². The minimum atomic E-state index is -0.265. The van der Waals surface area contributed by atoms with E-state index in [1.165, 1.54) is 0 Å². The van der Waals surface area contributed by atoms with Gasteiger partial charge in [-0.3, -0.25) is 30.0 Å². The number of aromatic hydroxyl groups is 6. The smallest absolute Gasteiger partial charge is 0.124 e. The molecule has 18 nitrogen and oxygen atoms in total. The molecule has 0 saturated carbocycles. The van der Waals surface area contributed by atoms with Crippen LogP contribution >= 0.6 is 0 Å². The number of rotatable bonds is 24. The summed E-state index contributed by atoms with van der Waals surface area (Å²) in [7, 11) is 0. The summed E-state index contributed by atoms with van der Waals surface area (Å²) in [6.07, 6.45) is 9.63. The molecule has 12 rings (SSSR count). The van der Waals surface area contributed by atoms with E-state index in [0.29, 0.717) is 33.4 Å². The van der Waals surface area contributed by atoms with Crippen LogP contribution in [0.5, 0.6) is 34.5 Å². The van der Waals surface area contributed by atoms with Crippen LogP contribution in [0.25, 0.3) is 99.1 Å². The molecule has 0 aliphatic heterocycles. The Bertz CT molecular complexity index is 4790. The van der Waals surface area contributed by atoms with E-state index in [4.69, 9.17) is 0 Å². The van der Waals surface area contributed by atoms with Gasteiger partial charge in [-0.15, -0.1) is 0 Å². The molecule has 0 fully saturated rings. The van der Waals surface area contributed by atoms with Crippen molar-refractivity contribution >= 4 is 69.6 Å². The van der Waals surface area contributed by atoms with Gasteiger partial charge in [0.25, 0.3) is 0 Å². The van der Waals surface area contributed by atoms with Gasteiger partial charge < -0.3 is 61.3 Å².